The molecule has 1 saturated carbocycles. The molecular formula is C19H34NO+. The second-order valence-corrected chi connectivity index (χ2v) is 8.60. The number of rotatable bonds is 3. The molecule has 1 N–H and O–H groups in total. The van der Waals surface area contributed by atoms with Gasteiger partial charge in [-0.1, -0.05) is 38.3 Å². The quantitative estimate of drug-likeness (QED) is 0.790. The van der Waals surface area contributed by atoms with E-state index in [1.807, 2.05) is 0 Å². The number of nitrogens with one attached hydrogen (secondary N) is 1. The van der Waals surface area contributed by atoms with Gasteiger partial charge in [0.15, 0.2) is 0 Å². The van der Waals surface area contributed by atoms with E-state index in [9.17, 15) is 0 Å². The van der Waals surface area contributed by atoms with Gasteiger partial charge in [-0.3, -0.25) is 0 Å². The molecule has 0 spiro atoms. The average Bonchev–Trinajstić information content (AvgIpc) is 2.45. The SMILES string of the molecule is C[NH+](C)CC(C)(C)[C@H]1O[C@@H]2CCCC[C@@H]2C2=CCCC[C@H]21. The molecule has 0 bridgehead atoms. The number of quaternary nitrogens is 1. The van der Waals surface area contributed by atoms with Crippen molar-refractivity contribution in [2.24, 2.45) is 17.3 Å². The fraction of sp³-hybridized carbons (Fsp3) is 0.895. The molecule has 1 aliphatic heterocycles. The van der Waals surface area contributed by atoms with Crippen molar-refractivity contribution in [3.8, 4) is 0 Å². The lowest BCUT2D eigenvalue weighted by molar-refractivity contribution is -0.866. The summed E-state index contributed by atoms with van der Waals surface area (Å²) in [5.41, 5.74) is 2.06. The maximum atomic E-state index is 6.77. The summed E-state index contributed by atoms with van der Waals surface area (Å²) >= 11 is 0. The Kier molecular flexibility index (Phi) is 4.47. The van der Waals surface area contributed by atoms with E-state index in [2.05, 4.69) is 34.0 Å². The van der Waals surface area contributed by atoms with Gasteiger partial charge in [0.1, 0.15) is 0 Å². The maximum absolute atomic E-state index is 6.77. The van der Waals surface area contributed by atoms with Crippen molar-refractivity contribution in [2.75, 3.05) is 20.6 Å². The fourth-order valence-corrected chi connectivity index (χ4v) is 5.34. The minimum atomic E-state index is 0.266. The first-order chi connectivity index (χ1) is 9.99. The van der Waals surface area contributed by atoms with Gasteiger partial charge in [-0.2, -0.15) is 0 Å². The van der Waals surface area contributed by atoms with Crippen LogP contribution in [-0.4, -0.2) is 32.8 Å². The molecule has 2 aliphatic carbocycles. The lowest BCUT2D eigenvalue weighted by Gasteiger charge is -2.52. The lowest BCUT2D eigenvalue weighted by atomic mass is 9.64. The lowest BCUT2D eigenvalue weighted by Crippen LogP contribution is -3.07. The molecule has 0 amide bonds. The van der Waals surface area contributed by atoms with Crippen molar-refractivity contribution < 1.29 is 9.64 Å². The van der Waals surface area contributed by atoms with Crippen LogP contribution in [0.25, 0.3) is 0 Å². The smallest absolute Gasteiger partial charge is 0.0843 e. The topological polar surface area (TPSA) is 13.7 Å². The summed E-state index contributed by atoms with van der Waals surface area (Å²) in [6.45, 7) is 6.05. The van der Waals surface area contributed by atoms with Gasteiger partial charge >= 0.3 is 0 Å². The van der Waals surface area contributed by atoms with Crippen molar-refractivity contribution in [1.29, 1.82) is 0 Å². The molecule has 2 heteroatoms. The van der Waals surface area contributed by atoms with Gasteiger partial charge in [0, 0.05) is 17.3 Å². The van der Waals surface area contributed by atoms with Crippen LogP contribution in [-0.2, 0) is 4.74 Å². The molecule has 120 valence electrons. The number of fused-ring (bicyclic) bond motifs is 3. The van der Waals surface area contributed by atoms with E-state index in [0.29, 0.717) is 18.1 Å². The second-order valence-electron chi connectivity index (χ2n) is 8.60. The first-order valence-electron chi connectivity index (χ1n) is 9.13. The zero-order valence-corrected chi connectivity index (χ0v) is 14.5. The molecule has 0 aromatic heterocycles. The van der Waals surface area contributed by atoms with Crippen LogP contribution >= 0.6 is 0 Å². The molecule has 0 aromatic rings. The molecule has 1 saturated heterocycles. The summed E-state index contributed by atoms with van der Waals surface area (Å²) in [6.07, 6.45) is 13.0. The molecule has 21 heavy (non-hydrogen) atoms. The summed E-state index contributed by atoms with van der Waals surface area (Å²) in [7, 11) is 4.54. The summed E-state index contributed by atoms with van der Waals surface area (Å²) < 4.78 is 6.77. The number of allylic oxidation sites excluding steroid dienone is 1. The van der Waals surface area contributed by atoms with Crippen LogP contribution in [0, 0.1) is 17.3 Å². The van der Waals surface area contributed by atoms with Crippen LogP contribution in [0.4, 0.5) is 0 Å². The summed E-state index contributed by atoms with van der Waals surface area (Å²) in [4.78, 5) is 1.54. The Labute approximate surface area is 130 Å². The minimum absolute atomic E-state index is 0.266. The van der Waals surface area contributed by atoms with Crippen molar-refractivity contribution in [1.82, 2.24) is 0 Å². The van der Waals surface area contributed by atoms with Gasteiger partial charge < -0.3 is 9.64 Å². The Balaban J connectivity index is 1.87. The largest absolute Gasteiger partial charge is 0.373 e. The normalized spacial score (nSPS) is 36.9. The number of hydrogen-bond donors (Lipinski definition) is 1. The van der Waals surface area contributed by atoms with Gasteiger partial charge in [0.25, 0.3) is 0 Å². The van der Waals surface area contributed by atoms with Gasteiger partial charge in [0.2, 0.25) is 0 Å². The Morgan fingerprint density at radius 1 is 1.10 bits per heavy atom. The predicted molar refractivity (Wildman–Crippen MR) is 87.5 cm³/mol. The Morgan fingerprint density at radius 3 is 2.57 bits per heavy atom. The van der Waals surface area contributed by atoms with E-state index in [1.54, 1.807) is 5.57 Å². The molecule has 0 unspecified atom stereocenters. The van der Waals surface area contributed by atoms with Crippen molar-refractivity contribution in [3.05, 3.63) is 11.6 Å². The van der Waals surface area contributed by atoms with E-state index >= 15 is 0 Å². The second kappa shape index (κ2) is 6.04. The first-order valence-corrected chi connectivity index (χ1v) is 9.13. The first kappa shape index (κ1) is 15.6. The molecule has 1 heterocycles. The van der Waals surface area contributed by atoms with Crippen LogP contribution in [0.15, 0.2) is 11.6 Å². The van der Waals surface area contributed by atoms with E-state index < -0.39 is 0 Å². The molecule has 4 atom stereocenters. The average molecular weight is 292 g/mol. The number of ether oxygens (including phenoxy) is 1. The van der Waals surface area contributed by atoms with Crippen LogP contribution in [0.1, 0.15) is 58.8 Å². The third kappa shape index (κ3) is 3.07. The van der Waals surface area contributed by atoms with Crippen LogP contribution in [0.3, 0.4) is 0 Å². The third-order valence-electron chi connectivity index (χ3n) is 5.92. The number of hydrogen-bond acceptors (Lipinski definition) is 1. The molecule has 3 rings (SSSR count). The standard InChI is InChI=1S/C19H33NO/c1-19(2,13-20(3)4)18-16-11-6-5-9-14(16)15-10-7-8-12-17(15)21-18/h9,15-18H,5-8,10-13H2,1-4H3/p+1/t15-,16-,17-,18+/m1/s1. The fourth-order valence-electron chi connectivity index (χ4n) is 5.34. The summed E-state index contributed by atoms with van der Waals surface area (Å²) in [6, 6.07) is 0. The zero-order valence-electron chi connectivity index (χ0n) is 14.5. The predicted octanol–water partition coefficient (Wildman–Crippen LogP) is 2.84. The minimum Gasteiger partial charge on any atom is -0.373 e. The van der Waals surface area contributed by atoms with Crippen LogP contribution in [0.5, 0.6) is 0 Å². The van der Waals surface area contributed by atoms with E-state index in [1.165, 1.54) is 56.4 Å². The van der Waals surface area contributed by atoms with Crippen LogP contribution in [0.2, 0.25) is 0 Å². The van der Waals surface area contributed by atoms with Crippen molar-refractivity contribution in [2.45, 2.75) is 71.0 Å². The molecule has 2 fully saturated rings. The monoisotopic (exact) mass is 292 g/mol. The zero-order chi connectivity index (χ0) is 15.0. The van der Waals surface area contributed by atoms with Crippen LogP contribution < -0.4 is 4.90 Å². The Morgan fingerprint density at radius 2 is 1.81 bits per heavy atom. The van der Waals surface area contributed by atoms with E-state index in [0.717, 1.165) is 5.92 Å². The van der Waals surface area contributed by atoms with Gasteiger partial charge in [-0.05, 0) is 32.1 Å². The van der Waals surface area contributed by atoms with E-state index in [-0.39, 0.29) is 5.41 Å². The highest BCUT2D eigenvalue weighted by atomic mass is 16.5. The molecule has 0 aromatic carbocycles. The van der Waals surface area contributed by atoms with Gasteiger partial charge in [-0.25, -0.2) is 0 Å². The maximum Gasteiger partial charge on any atom is 0.0843 e. The summed E-state index contributed by atoms with van der Waals surface area (Å²) in [5, 5.41) is 0. The molecule has 3 aliphatic rings. The van der Waals surface area contributed by atoms with Gasteiger partial charge in [0.05, 0.1) is 32.8 Å². The third-order valence-corrected chi connectivity index (χ3v) is 5.92. The Bertz CT molecular complexity index is 398. The molecule has 0 radical (unpaired) electrons. The highest BCUT2D eigenvalue weighted by molar-refractivity contribution is 5.21. The Hall–Kier alpha value is -0.340. The summed E-state index contributed by atoms with van der Waals surface area (Å²) in [5.74, 6) is 1.45. The van der Waals surface area contributed by atoms with Crippen molar-refractivity contribution >= 4 is 0 Å². The highest BCUT2D eigenvalue weighted by Gasteiger charge is 2.49. The molecular weight excluding hydrogens is 258 g/mol. The van der Waals surface area contributed by atoms with Crippen molar-refractivity contribution in [3.63, 3.8) is 0 Å². The molecule has 2 nitrogen and oxygen atoms in total. The van der Waals surface area contributed by atoms with E-state index in [4.69, 9.17) is 4.74 Å². The highest BCUT2D eigenvalue weighted by Crippen LogP contribution is 2.49. The van der Waals surface area contributed by atoms with Gasteiger partial charge in [-0.15, -0.1) is 0 Å².